The van der Waals surface area contributed by atoms with Crippen molar-refractivity contribution in [2.24, 2.45) is 11.8 Å². The summed E-state index contributed by atoms with van der Waals surface area (Å²) in [5.41, 5.74) is 0. The van der Waals surface area contributed by atoms with E-state index in [-0.39, 0.29) is 25.7 Å². The lowest BCUT2D eigenvalue weighted by Gasteiger charge is -2.21. The molecule has 17 nitrogen and oxygen atoms in total. The molecule has 0 aliphatic rings. The summed E-state index contributed by atoms with van der Waals surface area (Å²) in [6, 6.07) is 0. The lowest BCUT2D eigenvalue weighted by Crippen LogP contribution is -2.30. The maximum absolute atomic E-state index is 13.1. The molecule has 5 atom stereocenters. The molecule has 0 aliphatic heterocycles. The zero-order valence-corrected chi connectivity index (χ0v) is 68.7. The van der Waals surface area contributed by atoms with Gasteiger partial charge in [-0.05, 0) is 37.5 Å². The van der Waals surface area contributed by atoms with Gasteiger partial charge >= 0.3 is 39.5 Å². The zero-order valence-electron chi connectivity index (χ0n) is 66.9. The van der Waals surface area contributed by atoms with Crippen molar-refractivity contribution in [3.8, 4) is 0 Å². The zero-order chi connectivity index (χ0) is 74.9. The van der Waals surface area contributed by atoms with E-state index >= 15 is 0 Å². The van der Waals surface area contributed by atoms with Crippen LogP contribution in [-0.2, 0) is 65.4 Å². The Morgan fingerprint density at radius 3 is 0.667 bits per heavy atom. The van der Waals surface area contributed by atoms with Crippen LogP contribution in [0.15, 0.2) is 0 Å². The van der Waals surface area contributed by atoms with E-state index in [2.05, 4.69) is 41.5 Å². The van der Waals surface area contributed by atoms with Gasteiger partial charge in [0.05, 0.1) is 26.4 Å². The fourth-order valence-corrected chi connectivity index (χ4v) is 14.5. The van der Waals surface area contributed by atoms with E-state index in [9.17, 15) is 43.2 Å². The minimum absolute atomic E-state index is 0.107. The van der Waals surface area contributed by atoms with Crippen LogP contribution < -0.4 is 0 Å². The average molecular weight is 1490 g/mol. The summed E-state index contributed by atoms with van der Waals surface area (Å²) >= 11 is 0. The number of phosphoric acid groups is 2. The van der Waals surface area contributed by atoms with Crippen LogP contribution in [0.1, 0.15) is 440 Å². The summed E-state index contributed by atoms with van der Waals surface area (Å²) in [4.78, 5) is 72.9. The monoisotopic (exact) mass is 1490 g/mol. The van der Waals surface area contributed by atoms with Crippen LogP contribution in [-0.4, -0.2) is 96.7 Å². The number of carbonyl (C=O) groups is 4. The molecule has 0 heterocycles. The Hall–Kier alpha value is -1.94. The van der Waals surface area contributed by atoms with Gasteiger partial charge in [-0.3, -0.25) is 37.3 Å². The first-order valence-electron chi connectivity index (χ1n) is 43.0. The maximum atomic E-state index is 13.1. The van der Waals surface area contributed by atoms with Gasteiger partial charge in [0.1, 0.15) is 19.3 Å². The first kappa shape index (κ1) is 100. The number of aliphatic hydroxyl groups excluding tert-OH is 1. The summed E-state index contributed by atoms with van der Waals surface area (Å²) < 4.78 is 68.7. The second kappa shape index (κ2) is 74.5. The topological polar surface area (TPSA) is 237 Å². The predicted molar refractivity (Wildman–Crippen MR) is 418 cm³/mol. The summed E-state index contributed by atoms with van der Waals surface area (Å²) in [5.74, 6) is -0.465. The number of hydrogen-bond acceptors (Lipinski definition) is 15. The van der Waals surface area contributed by atoms with Gasteiger partial charge in [0, 0.05) is 25.7 Å². The second-order valence-electron chi connectivity index (χ2n) is 30.8. The van der Waals surface area contributed by atoms with Crippen molar-refractivity contribution in [1.29, 1.82) is 0 Å². The van der Waals surface area contributed by atoms with Crippen molar-refractivity contribution in [3.63, 3.8) is 0 Å². The number of hydrogen-bond donors (Lipinski definition) is 3. The van der Waals surface area contributed by atoms with Crippen molar-refractivity contribution in [1.82, 2.24) is 0 Å². The van der Waals surface area contributed by atoms with Crippen LogP contribution in [0.25, 0.3) is 0 Å². The Kier molecular flexibility index (Phi) is 73.1. The molecule has 0 saturated heterocycles. The number of unbranched alkanes of at least 4 members (excludes halogenated alkanes) is 52. The average Bonchev–Trinajstić information content (AvgIpc) is 0.917. The Balaban J connectivity index is 5.16. The molecular formula is C83H162O17P2. The molecule has 19 heteroatoms. The molecule has 2 unspecified atom stereocenters. The van der Waals surface area contributed by atoms with Gasteiger partial charge in [-0.1, -0.05) is 388 Å². The summed E-state index contributed by atoms with van der Waals surface area (Å²) in [7, 11) is -9.92. The van der Waals surface area contributed by atoms with Gasteiger partial charge in [-0.15, -0.1) is 0 Å². The number of phosphoric ester groups is 2. The second-order valence-corrected chi connectivity index (χ2v) is 33.7. The smallest absolute Gasteiger partial charge is 0.462 e. The van der Waals surface area contributed by atoms with E-state index in [1.165, 1.54) is 250 Å². The highest BCUT2D eigenvalue weighted by molar-refractivity contribution is 7.47. The molecule has 0 spiro atoms. The van der Waals surface area contributed by atoms with Crippen molar-refractivity contribution in [3.05, 3.63) is 0 Å². The van der Waals surface area contributed by atoms with Crippen LogP contribution in [0.4, 0.5) is 0 Å². The first-order chi connectivity index (χ1) is 49.4. The van der Waals surface area contributed by atoms with Gasteiger partial charge in [0.2, 0.25) is 0 Å². The largest absolute Gasteiger partial charge is 0.472 e. The Morgan fingerprint density at radius 2 is 0.451 bits per heavy atom. The summed E-state index contributed by atoms with van der Waals surface area (Å²) in [6.45, 7) is 9.69. The lowest BCUT2D eigenvalue weighted by molar-refractivity contribution is -0.161. The predicted octanol–water partition coefficient (Wildman–Crippen LogP) is 25.1. The van der Waals surface area contributed by atoms with Gasteiger partial charge < -0.3 is 33.8 Å². The number of aliphatic hydroxyl groups is 1. The SMILES string of the molecule is CCCCCCCCCCCCCCC(=O)O[C@H](COC(=O)CCCCCCCCCC)COP(=O)(O)OC[C@H](O)COP(=O)(O)OC[C@@H](COC(=O)CCCCCCCCCCCCCCCCCCCCC(C)C)OC(=O)CCCCCCCCCCCCCCCCCCCCC(C)C. The molecule has 0 bridgehead atoms. The molecule has 0 saturated carbocycles. The third-order valence-corrected chi connectivity index (χ3v) is 21.4. The Bertz CT molecular complexity index is 1960. The van der Waals surface area contributed by atoms with Gasteiger partial charge in [-0.2, -0.15) is 0 Å². The Morgan fingerprint density at radius 1 is 0.265 bits per heavy atom. The molecule has 0 aliphatic carbocycles. The van der Waals surface area contributed by atoms with E-state index in [0.717, 1.165) is 108 Å². The molecule has 606 valence electrons. The summed E-state index contributed by atoms with van der Waals surface area (Å²) in [5, 5.41) is 10.6. The highest BCUT2D eigenvalue weighted by Crippen LogP contribution is 2.45. The minimum atomic E-state index is -4.96. The molecule has 0 aromatic rings. The van der Waals surface area contributed by atoms with Crippen LogP contribution in [0.5, 0.6) is 0 Å². The van der Waals surface area contributed by atoms with Crippen molar-refractivity contribution < 1.29 is 80.2 Å². The molecule has 102 heavy (non-hydrogen) atoms. The van der Waals surface area contributed by atoms with E-state index in [0.29, 0.717) is 25.7 Å². The molecule has 3 N–H and O–H groups in total. The van der Waals surface area contributed by atoms with Gasteiger partial charge in [-0.25, -0.2) is 9.13 Å². The lowest BCUT2D eigenvalue weighted by atomic mass is 10.0. The molecule has 0 rings (SSSR count). The van der Waals surface area contributed by atoms with Crippen LogP contribution >= 0.6 is 15.6 Å². The summed E-state index contributed by atoms with van der Waals surface area (Å²) in [6.07, 6.45) is 65.4. The van der Waals surface area contributed by atoms with Gasteiger partial charge in [0.15, 0.2) is 12.2 Å². The third-order valence-electron chi connectivity index (χ3n) is 19.5. The van der Waals surface area contributed by atoms with E-state index in [1.54, 1.807) is 0 Å². The van der Waals surface area contributed by atoms with Gasteiger partial charge in [0.25, 0.3) is 0 Å². The molecule has 0 aromatic heterocycles. The number of carbonyl (C=O) groups excluding carboxylic acids is 4. The standard InChI is InChI=1S/C83H162O17P2/c1-7-9-11-13-15-17-18-37-43-49-55-61-67-82(87)99-78(71-93-80(85)65-59-53-47-16-14-12-10-8-2)73-97-101(89,90)95-69-77(84)70-96-102(91,92)98-74-79(100-83(88)68-62-56-50-44-39-34-30-26-22-20-24-28-32-36-41-46-52-58-64-76(5)6)72-94-81(86)66-60-54-48-42-38-33-29-25-21-19-23-27-31-35-40-45-51-57-63-75(3)4/h75-79,84H,7-74H2,1-6H3,(H,89,90)(H,91,92)/t77-,78+,79+/m0/s1. The molecular weight excluding hydrogens is 1330 g/mol. The highest BCUT2D eigenvalue weighted by atomic mass is 31.2. The van der Waals surface area contributed by atoms with Crippen molar-refractivity contribution in [2.75, 3.05) is 39.6 Å². The number of rotatable bonds is 82. The maximum Gasteiger partial charge on any atom is 0.472 e. The molecule has 0 amide bonds. The quantitative estimate of drug-likeness (QED) is 0.0222. The molecule has 0 fully saturated rings. The highest BCUT2D eigenvalue weighted by Gasteiger charge is 2.30. The first-order valence-corrected chi connectivity index (χ1v) is 46.0. The van der Waals surface area contributed by atoms with Crippen LogP contribution in [0.2, 0.25) is 0 Å². The Labute approximate surface area is 626 Å². The third kappa shape index (κ3) is 76.3. The van der Waals surface area contributed by atoms with Crippen molar-refractivity contribution in [2.45, 2.75) is 458 Å². The molecule has 0 aromatic carbocycles. The van der Waals surface area contributed by atoms with Crippen LogP contribution in [0, 0.1) is 11.8 Å². The van der Waals surface area contributed by atoms with E-state index in [1.807, 2.05) is 0 Å². The normalized spacial score (nSPS) is 13.9. The fraction of sp³-hybridized carbons (Fsp3) is 0.952. The van der Waals surface area contributed by atoms with Crippen molar-refractivity contribution >= 4 is 39.5 Å². The minimum Gasteiger partial charge on any atom is -0.462 e. The number of ether oxygens (including phenoxy) is 4. The number of esters is 4. The van der Waals surface area contributed by atoms with Crippen LogP contribution in [0.3, 0.4) is 0 Å². The molecule has 0 radical (unpaired) electrons. The van der Waals surface area contributed by atoms with E-state index < -0.39 is 97.5 Å². The van der Waals surface area contributed by atoms with E-state index in [4.69, 9.17) is 37.0 Å². The fourth-order valence-electron chi connectivity index (χ4n) is 12.9.